The number of hydrogen-bond donors (Lipinski definition) is 2. The van der Waals surface area contributed by atoms with Crippen molar-refractivity contribution in [3.63, 3.8) is 0 Å². The zero-order valence-electron chi connectivity index (χ0n) is 23.4. The second kappa shape index (κ2) is 8.40. The van der Waals surface area contributed by atoms with Crippen LogP contribution in [0.15, 0.2) is 24.3 Å². The summed E-state index contributed by atoms with van der Waals surface area (Å²) in [4.78, 5) is 2.11. The Bertz CT molecular complexity index is 1060. The smallest absolute Gasteiger partial charge is 0.176 e. The molecule has 4 saturated carbocycles. The van der Waals surface area contributed by atoms with E-state index in [1.807, 2.05) is 0 Å². The van der Waals surface area contributed by atoms with Gasteiger partial charge in [0.25, 0.3) is 0 Å². The van der Waals surface area contributed by atoms with Crippen molar-refractivity contribution in [3.8, 4) is 0 Å². The van der Waals surface area contributed by atoms with E-state index in [9.17, 15) is 10.2 Å². The van der Waals surface area contributed by atoms with Crippen LogP contribution < -0.4 is 4.90 Å². The molecule has 7 rings (SSSR count). The van der Waals surface area contributed by atoms with Gasteiger partial charge in [-0.2, -0.15) is 0 Å². The fourth-order valence-electron chi connectivity index (χ4n) is 10.3. The maximum Gasteiger partial charge on any atom is 0.176 e. The van der Waals surface area contributed by atoms with Gasteiger partial charge < -0.3 is 34.1 Å². The first-order valence-corrected chi connectivity index (χ1v) is 14.8. The van der Waals surface area contributed by atoms with Crippen molar-refractivity contribution in [1.29, 1.82) is 0 Å². The lowest BCUT2D eigenvalue weighted by molar-refractivity contribution is -0.314. The summed E-state index contributed by atoms with van der Waals surface area (Å²) in [6.45, 7) is 6.91. The van der Waals surface area contributed by atoms with Crippen LogP contribution in [0.4, 0.5) is 5.69 Å². The molecule has 7 heteroatoms. The predicted molar refractivity (Wildman–Crippen MR) is 143 cm³/mol. The molecule has 38 heavy (non-hydrogen) atoms. The highest BCUT2D eigenvalue weighted by Gasteiger charge is 2.75. The highest BCUT2D eigenvalue weighted by Crippen LogP contribution is 2.73. The van der Waals surface area contributed by atoms with Gasteiger partial charge in [-0.15, -0.1) is 0 Å². The van der Waals surface area contributed by atoms with Crippen molar-refractivity contribution in [1.82, 2.24) is 0 Å². The highest BCUT2D eigenvalue weighted by atomic mass is 16.7. The molecule has 1 unspecified atom stereocenters. The lowest BCUT2D eigenvalue weighted by atomic mass is 9.39. The van der Waals surface area contributed by atoms with Crippen LogP contribution in [0.3, 0.4) is 0 Å². The summed E-state index contributed by atoms with van der Waals surface area (Å²) in [5.74, 6) is -0.714. The van der Waals surface area contributed by atoms with Gasteiger partial charge in [-0.1, -0.05) is 26.0 Å². The first kappa shape index (κ1) is 25.7. The Hall–Kier alpha value is -1.22. The number of fused-ring (bicyclic) bond motifs is 6. The second-order valence-corrected chi connectivity index (χ2v) is 13.8. The molecule has 210 valence electrons. The zero-order chi connectivity index (χ0) is 26.6. The quantitative estimate of drug-likeness (QED) is 0.600. The molecule has 6 aliphatic rings. The molecule has 1 aromatic rings. The summed E-state index contributed by atoms with van der Waals surface area (Å²) in [5, 5.41) is 25.1. The maximum atomic E-state index is 12.6. The average molecular weight is 528 g/mol. The minimum absolute atomic E-state index is 0.128. The van der Waals surface area contributed by atoms with Crippen LogP contribution in [0.5, 0.6) is 0 Å². The van der Waals surface area contributed by atoms with Crippen LogP contribution in [0.1, 0.15) is 70.3 Å². The van der Waals surface area contributed by atoms with Gasteiger partial charge in [0, 0.05) is 50.4 Å². The monoisotopic (exact) mass is 527 g/mol. The third-order valence-electron chi connectivity index (χ3n) is 12.3. The van der Waals surface area contributed by atoms with Crippen molar-refractivity contribution in [2.75, 3.05) is 45.4 Å². The Labute approximate surface area is 226 Å². The number of benzene rings is 1. The molecule has 1 aromatic carbocycles. The summed E-state index contributed by atoms with van der Waals surface area (Å²) in [7, 11) is 4.10. The van der Waals surface area contributed by atoms with Crippen LogP contribution >= 0.6 is 0 Å². The van der Waals surface area contributed by atoms with E-state index >= 15 is 0 Å². The van der Waals surface area contributed by atoms with Gasteiger partial charge in [0.2, 0.25) is 0 Å². The molecule has 0 radical (unpaired) electrons. The van der Waals surface area contributed by atoms with Gasteiger partial charge in [-0.25, -0.2) is 0 Å². The molecule has 6 fully saturated rings. The fourth-order valence-corrected chi connectivity index (χ4v) is 10.3. The van der Waals surface area contributed by atoms with Gasteiger partial charge in [-0.3, -0.25) is 0 Å². The van der Waals surface area contributed by atoms with E-state index < -0.39 is 28.7 Å². The Morgan fingerprint density at radius 1 is 0.842 bits per heavy atom. The topological polar surface area (TPSA) is 80.6 Å². The molecule has 7 nitrogen and oxygen atoms in total. The van der Waals surface area contributed by atoms with Crippen LogP contribution in [0.2, 0.25) is 0 Å². The Balaban J connectivity index is 1.35. The summed E-state index contributed by atoms with van der Waals surface area (Å²) in [6.07, 6.45) is 4.97. The van der Waals surface area contributed by atoms with Gasteiger partial charge in [-0.05, 0) is 61.1 Å². The molecule has 0 aromatic heterocycles. The average Bonchev–Trinajstić information content (AvgIpc) is 3.63. The third-order valence-corrected chi connectivity index (χ3v) is 12.3. The van der Waals surface area contributed by atoms with Gasteiger partial charge in [0.1, 0.15) is 0 Å². The number of anilines is 1. The van der Waals surface area contributed by atoms with Gasteiger partial charge in [0.15, 0.2) is 11.6 Å². The molecule has 8 atom stereocenters. The molecular weight excluding hydrogens is 482 g/mol. The first-order chi connectivity index (χ1) is 18.1. The Morgan fingerprint density at radius 3 is 2.16 bits per heavy atom. The third kappa shape index (κ3) is 3.18. The van der Waals surface area contributed by atoms with E-state index in [1.54, 1.807) is 0 Å². The number of aliphatic hydroxyl groups is 2. The maximum absolute atomic E-state index is 12.6. The SMILES string of the molecule is CN(C)c1ccc(C2[C@H](O)[C@@]3(C)[C@@H](CCC34OCCO4)[C@@H]3CC[C@@]4(O)CC5(CC[C@]4(C)[C@@H]23)OCCO5)cc1. The van der Waals surface area contributed by atoms with E-state index in [1.165, 1.54) is 0 Å². The summed E-state index contributed by atoms with van der Waals surface area (Å²) in [5.41, 5.74) is 0.520. The van der Waals surface area contributed by atoms with Crippen molar-refractivity contribution < 1.29 is 29.2 Å². The Kier molecular flexibility index (Phi) is 5.69. The first-order valence-electron chi connectivity index (χ1n) is 14.8. The van der Waals surface area contributed by atoms with E-state index in [0.29, 0.717) is 38.8 Å². The van der Waals surface area contributed by atoms with Crippen LogP contribution in [0.25, 0.3) is 0 Å². The lowest BCUT2D eigenvalue weighted by Crippen LogP contribution is -2.70. The van der Waals surface area contributed by atoms with E-state index in [-0.39, 0.29) is 23.2 Å². The molecule has 2 N–H and O–H groups in total. The largest absolute Gasteiger partial charge is 0.392 e. The van der Waals surface area contributed by atoms with Crippen molar-refractivity contribution in [2.24, 2.45) is 28.6 Å². The Morgan fingerprint density at radius 2 is 1.50 bits per heavy atom. The number of nitrogens with zero attached hydrogens (tertiary/aromatic N) is 1. The highest BCUT2D eigenvalue weighted by molar-refractivity contribution is 5.47. The van der Waals surface area contributed by atoms with E-state index in [2.05, 4.69) is 57.1 Å². The number of rotatable bonds is 2. The van der Waals surface area contributed by atoms with Crippen LogP contribution in [-0.2, 0) is 18.9 Å². The van der Waals surface area contributed by atoms with Crippen molar-refractivity contribution in [3.05, 3.63) is 29.8 Å². The fraction of sp³-hybridized carbons (Fsp3) is 0.806. The zero-order valence-corrected chi connectivity index (χ0v) is 23.4. The molecule has 0 amide bonds. The predicted octanol–water partition coefficient (Wildman–Crippen LogP) is 4.06. The molecule has 4 aliphatic carbocycles. The summed E-state index contributed by atoms with van der Waals surface area (Å²) < 4.78 is 25.1. The van der Waals surface area contributed by atoms with Crippen LogP contribution in [-0.4, -0.2) is 74.0 Å². The van der Waals surface area contributed by atoms with Crippen LogP contribution in [0, 0.1) is 28.6 Å². The molecular formula is C31H45NO6. The minimum atomic E-state index is -0.900. The number of ether oxygens (including phenoxy) is 4. The van der Waals surface area contributed by atoms with E-state index in [4.69, 9.17) is 18.9 Å². The van der Waals surface area contributed by atoms with Crippen molar-refractivity contribution in [2.45, 2.75) is 88.0 Å². The molecule has 2 heterocycles. The normalized spacial score (nSPS) is 46.6. The summed E-state index contributed by atoms with van der Waals surface area (Å²) in [6, 6.07) is 8.72. The van der Waals surface area contributed by atoms with Gasteiger partial charge >= 0.3 is 0 Å². The summed E-state index contributed by atoms with van der Waals surface area (Å²) >= 11 is 0. The minimum Gasteiger partial charge on any atom is -0.392 e. The molecule has 0 bridgehead atoms. The molecule has 2 saturated heterocycles. The standard InChI is InChI=1S/C31H45NO6/c1-27-13-14-30(35-15-16-36-30)19-29(27,34)11-9-22-23-10-12-31(37-17-18-38-31)28(23,2)26(33)24(25(22)27)20-5-7-21(8-6-20)32(3)4/h5-8,22-26,33-34H,9-19H2,1-4H3/t22-,23-,24?,25+,26-,27+,28+,29+/m0/s1. The second-order valence-electron chi connectivity index (χ2n) is 13.8. The van der Waals surface area contributed by atoms with Gasteiger partial charge in [0.05, 0.1) is 43.5 Å². The molecule has 2 spiro atoms. The number of aliphatic hydroxyl groups excluding tert-OH is 1. The molecule has 2 aliphatic heterocycles. The van der Waals surface area contributed by atoms with Crippen molar-refractivity contribution >= 4 is 5.69 Å². The lowest BCUT2D eigenvalue weighted by Gasteiger charge is -2.68. The van der Waals surface area contributed by atoms with E-state index in [0.717, 1.165) is 49.8 Å². The number of hydrogen-bond acceptors (Lipinski definition) is 7.